The summed E-state index contributed by atoms with van der Waals surface area (Å²) in [5.74, 6) is -0.0159. The number of halogens is 1. The summed E-state index contributed by atoms with van der Waals surface area (Å²) in [6.07, 6.45) is 5.45. The number of likely N-dealkylation sites (tertiary alicyclic amines) is 1. The molecular formula is C32H44FN3O4. The third kappa shape index (κ3) is 6.34. The van der Waals surface area contributed by atoms with Crippen LogP contribution in [0.1, 0.15) is 79.9 Å². The molecule has 3 aliphatic rings. The van der Waals surface area contributed by atoms with Gasteiger partial charge in [0, 0.05) is 38.2 Å². The zero-order valence-corrected chi connectivity index (χ0v) is 24.1. The molecule has 0 spiro atoms. The number of rotatable bonds is 11. The first-order valence-electron chi connectivity index (χ1n) is 14.9. The minimum Gasteiger partial charge on any atom is -0.480 e. The molecule has 0 saturated carbocycles. The van der Waals surface area contributed by atoms with Crippen molar-refractivity contribution in [1.82, 2.24) is 9.88 Å². The van der Waals surface area contributed by atoms with Gasteiger partial charge in [-0.15, -0.1) is 0 Å². The minimum absolute atomic E-state index is 0.143. The first-order chi connectivity index (χ1) is 19.3. The molecule has 218 valence electrons. The predicted molar refractivity (Wildman–Crippen MR) is 153 cm³/mol. The monoisotopic (exact) mass is 553 g/mol. The lowest BCUT2D eigenvalue weighted by molar-refractivity contribution is -0.143. The van der Waals surface area contributed by atoms with Crippen LogP contribution in [0.3, 0.4) is 0 Å². The minimum atomic E-state index is -0.928. The number of fused-ring (bicyclic) bond motifs is 2. The number of aromatic nitrogens is 1. The number of unbranched alkanes of at least 4 members (excludes halogenated alkanes) is 1. The Morgan fingerprint density at radius 1 is 1.27 bits per heavy atom. The first-order valence-corrected chi connectivity index (χ1v) is 14.9. The smallest absolute Gasteiger partial charge is 0.325 e. The highest BCUT2D eigenvalue weighted by atomic mass is 19.1. The first kappa shape index (κ1) is 29.0. The molecule has 0 radical (unpaired) electrons. The van der Waals surface area contributed by atoms with E-state index in [4.69, 9.17) is 14.5 Å². The molecule has 4 heterocycles. The summed E-state index contributed by atoms with van der Waals surface area (Å²) in [4.78, 5) is 19.3. The number of pyridine rings is 1. The van der Waals surface area contributed by atoms with Crippen molar-refractivity contribution in [1.29, 1.82) is 0 Å². The summed E-state index contributed by atoms with van der Waals surface area (Å²) in [5, 5.41) is 13.7. The average molecular weight is 554 g/mol. The van der Waals surface area contributed by atoms with Gasteiger partial charge >= 0.3 is 5.97 Å². The number of aliphatic carboxylic acids is 1. The summed E-state index contributed by atoms with van der Waals surface area (Å²) in [5.41, 5.74) is 4.71. The molecule has 3 aliphatic heterocycles. The fourth-order valence-electron chi connectivity index (χ4n) is 6.53. The number of methoxy groups -OCH3 is 1. The third-order valence-corrected chi connectivity index (χ3v) is 9.22. The number of ether oxygens (including phenoxy) is 2. The molecule has 4 atom stereocenters. The lowest BCUT2D eigenvalue weighted by Crippen LogP contribution is -2.44. The highest BCUT2D eigenvalue weighted by Crippen LogP contribution is 2.37. The average Bonchev–Trinajstić information content (AvgIpc) is 3.44. The van der Waals surface area contributed by atoms with Crippen LogP contribution in [0.15, 0.2) is 30.3 Å². The van der Waals surface area contributed by atoms with Crippen molar-refractivity contribution in [2.45, 2.75) is 95.7 Å². The van der Waals surface area contributed by atoms with E-state index in [2.05, 4.69) is 17.4 Å². The van der Waals surface area contributed by atoms with Crippen molar-refractivity contribution >= 4 is 11.8 Å². The maximum Gasteiger partial charge on any atom is 0.325 e. The van der Waals surface area contributed by atoms with Crippen LogP contribution in [0.2, 0.25) is 0 Å². The summed E-state index contributed by atoms with van der Waals surface area (Å²) in [6.45, 7) is 6.44. The number of carbonyl (C=O) groups is 1. The molecular weight excluding hydrogens is 509 g/mol. The Bertz CT molecular complexity index is 1190. The Kier molecular flexibility index (Phi) is 9.08. The Hall–Kier alpha value is -2.55. The van der Waals surface area contributed by atoms with Crippen molar-refractivity contribution in [2.75, 3.05) is 32.1 Å². The second kappa shape index (κ2) is 12.5. The van der Waals surface area contributed by atoms with E-state index < -0.39 is 23.8 Å². The van der Waals surface area contributed by atoms with Crippen molar-refractivity contribution in [2.24, 2.45) is 5.92 Å². The SMILES string of the molecule is COC(C)(C)C1Cc2c(cccc2C(C(=O)O)N2CC[C@@H](C(F)CCCCc3ccc4c(n3)NCCC4)C2)CO1. The third-order valence-electron chi connectivity index (χ3n) is 9.22. The maximum absolute atomic E-state index is 15.4. The molecule has 5 rings (SSSR count). The number of aryl methyl sites for hydroxylation is 2. The van der Waals surface area contributed by atoms with E-state index >= 15 is 4.39 Å². The summed E-state index contributed by atoms with van der Waals surface area (Å²) >= 11 is 0. The van der Waals surface area contributed by atoms with Gasteiger partial charge in [-0.1, -0.05) is 30.7 Å². The Balaban J connectivity index is 1.18. The van der Waals surface area contributed by atoms with Crippen molar-refractivity contribution in [3.8, 4) is 0 Å². The van der Waals surface area contributed by atoms with Gasteiger partial charge in [-0.3, -0.25) is 9.69 Å². The molecule has 3 unspecified atom stereocenters. The standard InChI is InChI=1S/C32H44FN3O4/c1-32(2,39-3)28-18-26-23(20-40-28)8-6-11-25(26)29(31(37)38)36-17-15-22(19-36)27(33)12-5-4-10-24-14-13-21-9-7-16-34-30(21)35-24/h6,8,11,13-14,22,27-29H,4-5,7,9-10,12,15-20H2,1-3H3,(H,34,35)(H,37,38)/t22-,27?,28?,29?/m1/s1. The predicted octanol–water partition coefficient (Wildman–Crippen LogP) is 5.50. The highest BCUT2D eigenvalue weighted by molar-refractivity contribution is 5.76. The van der Waals surface area contributed by atoms with Crippen LogP contribution in [-0.2, 0) is 40.1 Å². The van der Waals surface area contributed by atoms with Crippen LogP contribution in [0, 0.1) is 5.92 Å². The number of carboxylic acids is 1. The second-order valence-electron chi connectivity index (χ2n) is 12.2. The second-order valence-corrected chi connectivity index (χ2v) is 12.2. The molecule has 0 amide bonds. The van der Waals surface area contributed by atoms with E-state index in [1.807, 2.05) is 36.9 Å². The molecule has 7 nitrogen and oxygen atoms in total. The number of nitrogens with one attached hydrogen (secondary N) is 1. The molecule has 1 fully saturated rings. The summed E-state index contributed by atoms with van der Waals surface area (Å²) in [6, 6.07) is 9.32. The quantitative estimate of drug-likeness (QED) is 0.355. The normalized spacial score (nSPS) is 22.7. The van der Waals surface area contributed by atoms with Crippen molar-refractivity contribution in [3.05, 3.63) is 58.3 Å². The lowest BCUT2D eigenvalue weighted by Gasteiger charge is -2.38. The zero-order chi connectivity index (χ0) is 28.3. The van der Waals surface area contributed by atoms with Crippen molar-refractivity contribution in [3.63, 3.8) is 0 Å². The number of hydrogen-bond donors (Lipinski definition) is 2. The molecule has 0 aliphatic carbocycles. The molecule has 2 N–H and O–H groups in total. The maximum atomic E-state index is 15.4. The van der Waals surface area contributed by atoms with E-state index in [1.54, 1.807) is 7.11 Å². The van der Waals surface area contributed by atoms with Gasteiger partial charge in [-0.05, 0) is 87.2 Å². The largest absolute Gasteiger partial charge is 0.480 e. The van der Waals surface area contributed by atoms with Gasteiger partial charge < -0.3 is 19.9 Å². The molecule has 2 aromatic rings. The van der Waals surface area contributed by atoms with Gasteiger partial charge in [0.05, 0.1) is 18.3 Å². The summed E-state index contributed by atoms with van der Waals surface area (Å²) < 4.78 is 27.1. The van der Waals surface area contributed by atoms with Gasteiger partial charge in [0.25, 0.3) is 0 Å². The van der Waals surface area contributed by atoms with Gasteiger partial charge in [0.15, 0.2) is 0 Å². The van der Waals surface area contributed by atoms with Gasteiger partial charge in [-0.2, -0.15) is 0 Å². The number of alkyl halides is 1. The molecule has 1 saturated heterocycles. The number of anilines is 1. The number of carboxylic acid groups (broad SMARTS) is 1. The van der Waals surface area contributed by atoms with Crippen molar-refractivity contribution < 1.29 is 23.8 Å². The Morgan fingerprint density at radius 3 is 2.92 bits per heavy atom. The van der Waals surface area contributed by atoms with Crippen LogP contribution >= 0.6 is 0 Å². The number of hydrogen-bond acceptors (Lipinski definition) is 6. The molecule has 1 aromatic heterocycles. The van der Waals surface area contributed by atoms with Crippen LogP contribution in [-0.4, -0.2) is 65.6 Å². The van der Waals surface area contributed by atoms with E-state index in [-0.39, 0.29) is 12.0 Å². The van der Waals surface area contributed by atoms with Gasteiger partial charge in [0.2, 0.25) is 0 Å². The van der Waals surface area contributed by atoms with Gasteiger partial charge in [-0.25, -0.2) is 9.37 Å². The van der Waals surface area contributed by atoms with Crippen LogP contribution in [0.25, 0.3) is 0 Å². The topological polar surface area (TPSA) is 83.9 Å². The van der Waals surface area contributed by atoms with Crippen LogP contribution in [0.4, 0.5) is 10.2 Å². The van der Waals surface area contributed by atoms with Crippen LogP contribution in [0.5, 0.6) is 0 Å². The van der Waals surface area contributed by atoms with E-state index in [0.717, 1.165) is 66.9 Å². The number of benzene rings is 1. The zero-order valence-electron chi connectivity index (χ0n) is 24.1. The Morgan fingerprint density at radius 2 is 2.12 bits per heavy atom. The van der Waals surface area contributed by atoms with E-state index in [1.165, 1.54) is 5.56 Å². The van der Waals surface area contributed by atoms with E-state index in [9.17, 15) is 9.90 Å². The molecule has 1 aromatic carbocycles. The fraction of sp³-hybridized carbons (Fsp3) is 0.625. The molecule has 40 heavy (non-hydrogen) atoms. The fourth-order valence-corrected chi connectivity index (χ4v) is 6.53. The van der Waals surface area contributed by atoms with E-state index in [0.29, 0.717) is 39.0 Å². The highest BCUT2D eigenvalue weighted by Gasteiger charge is 2.40. The molecule has 0 bridgehead atoms. The summed E-state index contributed by atoms with van der Waals surface area (Å²) in [7, 11) is 1.67. The Labute approximate surface area is 237 Å². The molecule has 8 heteroatoms. The van der Waals surface area contributed by atoms with Gasteiger partial charge in [0.1, 0.15) is 18.0 Å². The number of nitrogens with zero attached hydrogens (tertiary/aromatic N) is 2. The van der Waals surface area contributed by atoms with Crippen LogP contribution < -0.4 is 5.32 Å². The lowest BCUT2D eigenvalue weighted by atomic mass is 9.85.